The van der Waals surface area contributed by atoms with E-state index < -0.39 is 4.92 Å². The highest BCUT2D eigenvalue weighted by atomic mass is 35.5. The SMILES string of the molecule is N=C(N)c1cnc(Oc2cc([N+](=O)[O-])ccc2Cl)cn1. The number of rotatable bonds is 4. The van der Waals surface area contributed by atoms with Gasteiger partial charge >= 0.3 is 0 Å². The molecule has 0 atom stereocenters. The molecule has 9 heteroatoms. The molecule has 8 nitrogen and oxygen atoms in total. The number of nitrogens with one attached hydrogen (secondary N) is 1. The molecule has 102 valence electrons. The van der Waals surface area contributed by atoms with Gasteiger partial charge in [-0.25, -0.2) is 9.97 Å². The molecule has 0 saturated carbocycles. The Morgan fingerprint density at radius 3 is 2.70 bits per heavy atom. The Balaban J connectivity index is 2.27. The molecule has 2 rings (SSSR count). The van der Waals surface area contributed by atoms with E-state index in [0.29, 0.717) is 0 Å². The van der Waals surface area contributed by atoms with Crippen LogP contribution in [0.15, 0.2) is 30.6 Å². The number of nitro benzene ring substituents is 1. The van der Waals surface area contributed by atoms with Gasteiger partial charge in [0.05, 0.1) is 28.4 Å². The topological polar surface area (TPSA) is 128 Å². The van der Waals surface area contributed by atoms with Crippen LogP contribution in [0, 0.1) is 15.5 Å². The lowest BCUT2D eigenvalue weighted by molar-refractivity contribution is -0.384. The number of hydrogen-bond acceptors (Lipinski definition) is 6. The third-order valence-corrected chi connectivity index (χ3v) is 2.56. The van der Waals surface area contributed by atoms with Gasteiger partial charge in [0.2, 0.25) is 5.88 Å². The molecule has 0 aliphatic rings. The number of benzene rings is 1. The van der Waals surface area contributed by atoms with E-state index in [1.54, 1.807) is 0 Å². The minimum atomic E-state index is -0.562. The molecule has 0 amide bonds. The van der Waals surface area contributed by atoms with Crippen LogP contribution in [0.4, 0.5) is 5.69 Å². The second kappa shape index (κ2) is 5.49. The first kappa shape index (κ1) is 13.7. The van der Waals surface area contributed by atoms with Crippen LogP contribution in [0.2, 0.25) is 5.02 Å². The second-order valence-electron chi connectivity index (χ2n) is 3.63. The van der Waals surface area contributed by atoms with Crippen molar-refractivity contribution in [3.63, 3.8) is 0 Å². The van der Waals surface area contributed by atoms with Gasteiger partial charge in [-0.2, -0.15) is 0 Å². The van der Waals surface area contributed by atoms with Gasteiger partial charge in [-0.05, 0) is 6.07 Å². The molecular weight excluding hydrogens is 286 g/mol. The van der Waals surface area contributed by atoms with Crippen LogP contribution in [0.25, 0.3) is 0 Å². The highest BCUT2D eigenvalue weighted by molar-refractivity contribution is 6.32. The first-order chi connectivity index (χ1) is 9.47. The summed E-state index contributed by atoms with van der Waals surface area (Å²) < 4.78 is 5.31. The van der Waals surface area contributed by atoms with E-state index in [0.717, 1.165) is 0 Å². The van der Waals surface area contributed by atoms with Crippen molar-refractivity contribution in [1.82, 2.24) is 9.97 Å². The number of ether oxygens (including phenoxy) is 1. The van der Waals surface area contributed by atoms with Gasteiger partial charge in [0.15, 0.2) is 5.75 Å². The average molecular weight is 294 g/mol. The zero-order valence-corrected chi connectivity index (χ0v) is 10.7. The van der Waals surface area contributed by atoms with Crippen LogP contribution in [-0.4, -0.2) is 20.7 Å². The fourth-order valence-corrected chi connectivity index (χ4v) is 1.46. The third kappa shape index (κ3) is 2.98. The van der Waals surface area contributed by atoms with Crippen molar-refractivity contribution >= 4 is 23.1 Å². The molecule has 0 unspecified atom stereocenters. The maximum atomic E-state index is 10.7. The number of non-ortho nitro benzene ring substituents is 1. The van der Waals surface area contributed by atoms with Crippen molar-refractivity contribution in [3.8, 4) is 11.6 Å². The zero-order chi connectivity index (χ0) is 14.7. The number of nitro groups is 1. The highest BCUT2D eigenvalue weighted by Gasteiger charge is 2.12. The van der Waals surface area contributed by atoms with E-state index in [1.807, 2.05) is 0 Å². The maximum Gasteiger partial charge on any atom is 0.273 e. The van der Waals surface area contributed by atoms with Gasteiger partial charge < -0.3 is 10.5 Å². The number of hydrogen-bond donors (Lipinski definition) is 2. The van der Waals surface area contributed by atoms with Crippen molar-refractivity contribution in [2.75, 3.05) is 0 Å². The molecule has 3 N–H and O–H groups in total. The second-order valence-corrected chi connectivity index (χ2v) is 4.03. The number of nitrogen functional groups attached to an aromatic ring is 1. The molecular formula is C11H8ClN5O3. The quantitative estimate of drug-likeness (QED) is 0.384. The van der Waals surface area contributed by atoms with Crippen molar-refractivity contribution in [1.29, 1.82) is 5.41 Å². The predicted octanol–water partition coefficient (Wildman–Crippen LogP) is 2.11. The molecule has 0 fully saturated rings. The van der Waals surface area contributed by atoms with Crippen LogP contribution in [0.5, 0.6) is 11.6 Å². The summed E-state index contributed by atoms with van der Waals surface area (Å²) in [6.45, 7) is 0. The fourth-order valence-electron chi connectivity index (χ4n) is 1.30. The Bertz CT molecular complexity index is 674. The molecule has 2 aromatic rings. The van der Waals surface area contributed by atoms with E-state index in [1.165, 1.54) is 30.6 Å². The normalized spacial score (nSPS) is 10.1. The summed E-state index contributed by atoms with van der Waals surface area (Å²) in [6, 6.07) is 3.80. The van der Waals surface area contributed by atoms with Crippen molar-refractivity contribution in [3.05, 3.63) is 51.4 Å². The van der Waals surface area contributed by atoms with Crippen molar-refractivity contribution in [2.45, 2.75) is 0 Å². The summed E-state index contributed by atoms with van der Waals surface area (Å²) in [6.07, 6.45) is 2.49. The fraction of sp³-hybridized carbons (Fsp3) is 0. The van der Waals surface area contributed by atoms with E-state index >= 15 is 0 Å². The minimum absolute atomic E-state index is 0.0809. The van der Waals surface area contributed by atoms with Gasteiger partial charge in [-0.3, -0.25) is 15.5 Å². The third-order valence-electron chi connectivity index (χ3n) is 2.24. The lowest BCUT2D eigenvalue weighted by atomic mass is 10.3. The number of nitrogens with two attached hydrogens (primary N) is 1. The Morgan fingerprint density at radius 1 is 1.40 bits per heavy atom. The van der Waals surface area contributed by atoms with Crippen LogP contribution in [-0.2, 0) is 0 Å². The van der Waals surface area contributed by atoms with E-state index in [2.05, 4.69) is 9.97 Å². The molecule has 0 aliphatic heterocycles. The largest absolute Gasteiger partial charge is 0.436 e. The monoisotopic (exact) mass is 293 g/mol. The summed E-state index contributed by atoms with van der Waals surface area (Å²) in [5, 5.41) is 18.1. The molecule has 0 bridgehead atoms. The first-order valence-electron chi connectivity index (χ1n) is 5.25. The standard InChI is InChI=1S/C11H8ClN5O3/c12-7-2-1-6(17(18)19)3-9(7)20-10-5-15-8(4-16-10)11(13)14/h1-5H,(H3,13,14). The lowest BCUT2D eigenvalue weighted by Gasteiger charge is -2.06. The summed E-state index contributed by atoms with van der Waals surface area (Å²) in [5.74, 6) is -0.0550. The Kier molecular flexibility index (Phi) is 3.76. The first-order valence-corrected chi connectivity index (χ1v) is 5.63. The lowest BCUT2D eigenvalue weighted by Crippen LogP contribution is -2.13. The van der Waals surface area contributed by atoms with E-state index in [-0.39, 0.29) is 33.9 Å². The van der Waals surface area contributed by atoms with Gasteiger partial charge in [0.1, 0.15) is 11.5 Å². The maximum absolute atomic E-state index is 10.7. The number of nitrogens with zero attached hydrogens (tertiary/aromatic N) is 3. The average Bonchev–Trinajstić information content (AvgIpc) is 2.41. The summed E-state index contributed by atoms with van der Waals surface area (Å²) in [7, 11) is 0. The highest BCUT2D eigenvalue weighted by Crippen LogP contribution is 2.31. The molecule has 0 aliphatic carbocycles. The predicted molar refractivity (Wildman–Crippen MR) is 71.2 cm³/mol. The van der Waals surface area contributed by atoms with Crippen molar-refractivity contribution < 1.29 is 9.66 Å². The zero-order valence-electron chi connectivity index (χ0n) is 9.91. The molecule has 0 radical (unpaired) electrons. The molecule has 20 heavy (non-hydrogen) atoms. The van der Waals surface area contributed by atoms with Crippen LogP contribution in [0.3, 0.4) is 0 Å². The Morgan fingerprint density at radius 2 is 2.15 bits per heavy atom. The molecule has 1 heterocycles. The van der Waals surface area contributed by atoms with E-state index in [9.17, 15) is 10.1 Å². The summed E-state index contributed by atoms with van der Waals surface area (Å²) >= 11 is 5.88. The van der Waals surface area contributed by atoms with Crippen LogP contribution >= 0.6 is 11.6 Å². The molecule has 1 aromatic heterocycles. The minimum Gasteiger partial charge on any atom is -0.436 e. The molecule has 1 aromatic carbocycles. The number of halogens is 1. The van der Waals surface area contributed by atoms with Crippen LogP contribution < -0.4 is 10.5 Å². The van der Waals surface area contributed by atoms with Crippen LogP contribution in [0.1, 0.15) is 5.69 Å². The number of aromatic nitrogens is 2. The smallest absolute Gasteiger partial charge is 0.273 e. The summed E-state index contributed by atoms with van der Waals surface area (Å²) in [5.41, 5.74) is 5.28. The molecule has 0 saturated heterocycles. The Labute approximate surface area is 117 Å². The number of amidine groups is 1. The van der Waals surface area contributed by atoms with Gasteiger partial charge in [0, 0.05) is 6.07 Å². The van der Waals surface area contributed by atoms with Crippen molar-refractivity contribution in [2.24, 2.45) is 5.73 Å². The van der Waals surface area contributed by atoms with E-state index in [4.69, 9.17) is 27.5 Å². The summed E-state index contributed by atoms with van der Waals surface area (Å²) in [4.78, 5) is 17.8. The van der Waals surface area contributed by atoms with Gasteiger partial charge in [-0.1, -0.05) is 11.6 Å². The van der Waals surface area contributed by atoms with Gasteiger partial charge in [0.25, 0.3) is 5.69 Å². The Hall–Kier alpha value is -2.74. The molecule has 0 spiro atoms. The van der Waals surface area contributed by atoms with Gasteiger partial charge in [-0.15, -0.1) is 0 Å².